The first kappa shape index (κ1) is 35.7. The zero-order chi connectivity index (χ0) is 31.9. The van der Waals surface area contributed by atoms with E-state index in [1.54, 1.807) is 12.4 Å². The Hall–Kier alpha value is -2.78. The molecule has 0 radical (unpaired) electrons. The SMILES string of the molecule is Cc1cc(C(CCCO)CCCO)cc(C=NC2CCCCC2N=Cc2cc(C(CCCO)CCCO)cc(C)c2O)c1O. The Kier molecular flexibility index (Phi) is 15.3. The maximum absolute atomic E-state index is 10.9. The second-order valence-corrected chi connectivity index (χ2v) is 12.4. The molecule has 1 saturated carbocycles. The van der Waals surface area contributed by atoms with Crippen molar-refractivity contribution in [1.29, 1.82) is 0 Å². The van der Waals surface area contributed by atoms with Gasteiger partial charge in [-0.3, -0.25) is 9.98 Å². The molecule has 0 spiro atoms. The van der Waals surface area contributed by atoms with Crippen LogP contribution in [0.1, 0.15) is 122 Å². The minimum Gasteiger partial charge on any atom is -0.507 e. The zero-order valence-electron chi connectivity index (χ0n) is 26.7. The van der Waals surface area contributed by atoms with Gasteiger partial charge in [-0.1, -0.05) is 25.0 Å². The Morgan fingerprint density at radius 1 is 0.614 bits per heavy atom. The van der Waals surface area contributed by atoms with Crippen LogP contribution in [0.4, 0.5) is 0 Å². The van der Waals surface area contributed by atoms with Gasteiger partial charge < -0.3 is 30.6 Å². The van der Waals surface area contributed by atoms with E-state index >= 15 is 0 Å². The predicted octanol–water partition coefficient (Wildman–Crippen LogP) is 5.82. The van der Waals surface area contributed by atoms with E-state index in [0.29, 0.717) is 36.8 Å². The second kappa shape index (κ2) is 18.9. The first-order chi connectivity index (χ1) is 21.3. The van der Waals surface area contributed by atoms with Crippen molar-refractivity contribution < 1.29 is 30.6 Å². The number of benzene rings is 2. The average molecular weight is 611 g/mol. The number of phenolic OH excluding ortho intramolecular Hbond substituents is 2. The highest BCUT2D eigenvalue weighted by Crippen LogP contribution is 2.34. The largest absolute Gasteiger partial charge is 0.507 e. The van der Waals surface area contributed by atoms with Crippen LogP contribution in [0.2, 0.25) is 0 Å². The molecule has 1 aliphatic rings. The summed E-state index contributed by atoms with van der Waals surface area (Å²) in [5.41, 5.74) is 5.07. The molecule has 1 fully saturated rings. The van der Waals surface area contributed by atoms with E-state index in [2.05, 4.69) is 0 Å². The lowest BCUT2D eigenvalue weighted by molar-refractivity contribution is 0.264. The topological polar surface area (TPSA) is 146 Å². The van der Waals surface area contributed by atoms with Crippen LogP contribution in [0.15, 0.2) is 34.3 Å². The Balaban J connectivity index is 1.85. The summed E-state index contributed by atoms with van der Waals surface area (Å²) >= 11 is 0. The molecule has 1 aliphatic carbocycles. The number of hydrogen-bond acceptors (Lipinski definition) is 8. The Labute approximate surface area is 263 Å². The van der Waals surface area contributed by atoms with E-state index in [1.165, 1.54) is 0 Å². The third kappa shape index (κ3) is 10.4. The minimum atomic E-state index is -0.0452. The Morgan fingerprint density at radius 2 is 0.955 bits per heavy atom. The predicted molar refractivity (Wildman–Crippen MR) is 178 cm³/mol. The monoisotopic (exact) mass is 610 g/mol. The summed E-state index contributed by atoms with van der Waals surface area (Å²) in [5.74, 6) is 0.800. The van der Waals surface area contributed by atoms with Gasteiger partial charge in [0.2, 0.25) is 0 Å². The van der Waals surface area contributed by atoms with Crippen LogP contribution in [0, 0.1) is 13.8 Å². The van der Waals surface area contributed by atoms with Crippen LogP contribution in [0.25, 0.3) is 0 Å². The van der Waals surface area contributed by atoms with Gasteiger partial charge in [0, 0.05) is 50.0 Å². The van der Waals surface area contributed by atoms with E-state index in [-0.39, 0.29) is 61.8 Å². The molecule has 3 rings (SSSR count). The van der Waals surface area contributed by atoms with Gasteiger partial charge in [0.25, 0.3) is 0 Å². The molecule has 0 bridgehead atoms. The summed E-state index contributed by atoms with van der Waals surface area (Å²) < 4.78 is 0. The van der Waals surface area contributed by atoms with Gasteiger partial charge in [0.05, 0.1) is 12.1 Å². The Morgan fingerprint density at radius 3 is 1.27 bits per heavy atom. The highest BCUT2D eigenvalue weighted by Gasteiger charge is 2.24. The third-order valence-corrected chi connectivity index (χ3v) is 8.99. The number of hydrogen-bond donors (Lipinski definition) is 6. The van der Waals surface area contributed by atoms with Crippen molar-refractivity contribution >= 4 is 12.4 Å². The minimum absolute atomic E-state index is 0.0452. The van der Waals surface area contributed by atoms with E-state index < -0.39 is 0 Å². The average Bonchev–Trinajstić information content (AvgIpc) is 3.03. The lowest BCUT2D eigenvalue weighted by Gasteiger charge is -2.26. The van der Waals surface area contributed by atoms with Crippen molar-refractivity contribution in [3.63, 3.8) is 0 Å². The molecule has 0 aliphatic heterocycles. The molecule has 2 atom stereocenters. The number of aryl methyl sites for hydroxylation is 2. The fraction of sp³-hybridized carbons (Fsp3) is 0.611. The quantitative estimate of drug-likeness (QED) is 0.117. The maximum Gasteiger partial charge on any atom is 0.127 e. The summed E-state index contributed by atoms with van der Waals surface area (Å²) in [6.45, 7) is 4.28. The van der Waals surface area contributed by atoms with Gasteiger partial charge in [-0.25, -0.2) is 0 Å². The molecular weight excluding hydrogens is 556 g/mol. The number of phenols is 2. The molecule has 2 aromatic rings. The van der Waals surface area contributed by atoms with Gasteiger partial charge in [-0.05, 0) is 124 Å². The van der Waals surface area contributed by atoms with E-state index in [0.717, 1.165) is 73.6 Å². The molecule has 8 nitrogen and oxygen atoms in total. The van der Waals surface area contributed by atoms with Crippen LogP contribution in [0.3, 0.4) is 0 Å². The molecule has 2 aromatic carbocycles. The first-order valence-electron chi connectivity index (χ1n) is 16.5. The standard InChI is InChI=1S/C36H54N2O6/c1-25-19-29(27(9-5-15-39)10-6-16-40)21-31(35(25)43)23-37-33-13-3-4-14-34(33)38-24-32-22-30(20-26(2)36(32)44)28(11-7-17-41)12-8-18-42/h19-24,27-28,33-34,39-44H,3-18H2,1-2H3. The summed E-state index contributed by atoms with van der Waals surface area (Å²) in [5, 5.41) is 59.3. The fourth-order valence-electron chi connectivity index (χ4n) is 6.44. The van der Waals surface area contributed by atoms with Crippen molar-refractivity contribution in [1.82, 2.24) is 0 Å². The van der Waals surface area contributed by atoms with Gasteiger partial charge in [-0.2, -0.15) is 0 Å². The number of aromatic hydroxyl groups is 2. The number of aliphatic imine (C=N–C) groups is 2. The maximum atomic E-state index is 10.9. The molecule has 0 aromatic heterocycles. The number of rotatable bonds is 18. The molecule has 0 amide bonds. The normalized spacial score (nSPS) is 17.5. The summed E-state index contributed by atoms with van der Waals surface area (Å²) in [6.07, 6.45) is 13.4. The van der Waals surface area contributed by atoms with Crippen LogP contribution >= 0.6 is 0 Å². The Bertz CT molecular complexity index is 1100. The van der Waals surface area contributed by atoms with Crippen LogP contribution in [-0.2, 0) is 0 Å². The van der Waals surface area contributed by atoms with Gasteiger partial charge >= 0.3 is 0 Å². The summed E-state index contributed by atoms with van der Waals surface area (Å²) in [7, 11) is 0. The van der Waals surface area contributed by atoms with Crippen molar-refractivity contribution in [3.05, 3.63) is 57.6 Å². The number of nitrogens with zero attached hydrogens (tertiary/aromatic N) is 2. The second-order valence-electron chi connectivity index (χ2n) is 12.4. The highest BCUT2D eigenvalue weighted by atomic mass is 16.3. The van der Waals surface area contributed by atoms with Crippen molar-refractivity contribution in [3.8, 4) is 11.5 Å². The van der Waals surface area contributed by atoms with Crippen molar-refractivity contribution in [2.45, 2.75) is 115 Å². The van der Waals surface area contributed by atoms with Gasteiger partial charge in [0.1, 0.15) is 11.5 Å². The highest BCUT2D eigenvalue weighted by molar-refractivity contribution is 5.85. The number of aliphatic hydroxyl groups is 4. The fourth-order valence-corrected chi connectivity index (χ4v) is 6.44. The molecule has 44 heavy (non-hydrogen) atoms. The first-order valence-corrected chi connectivity index (χ1v) is 16.5. The van der Waals surface area contributed by atoms with E-state index in [4.69, 9.17) is 9.98 Å². The lowest BCUT2D eigenvalue weighted by atomic mass is 9.87. The number of aliphatic hydroxyl groups excluding tert-OH is 4. The molecule has 6 N–H and O–H groups in total. The smallest absolute Gasteiger partial charge is 0.127 e. The lowest BCUT2D eigenvalue weighted by Crippen LogP contribution is -2.27. The van der Waals surface area contributed by atoms with E-state index in [9.17, 15) is 30.6 Å². The molecular formula is C36H54N2O6. The third-order valence-electron chi connectivity index (χ3n) is 8.99. The van der Waals surface area contributed by atoms with Gasteiger partial charge in [0.15, 0.2) is 0 Å². The van der Waals surface area contributed by atoms with Crippen LogP contribution < -0.4 is 0 Å². The van der Waals surface area contributed by atoms with Crippen LogP contribution in [-0.4, -0.2) is 81.6 Å². The molecule has 0 heterocycles. The zero-order valence-corrected chi connectivity index (χ0v) is 26.7. The molecule has 244 valence electrons. The van der Waals surface area contributed by atoms with E-state index in [1.807, 2.05) is 38.1 Å². The van der Waals surface area contributed by atoms with Crippen molar-refractivity contribution in [2.75, 3.05) is 26.4 Å². The molecule has 8 heteroatoms. The van der Waals surface area contributed by atoms with Crippen LogP contribution in [0.5, 0.6) is 11.5 Å². The van der Waals surface area contributed by atoms with Crippen molar-refractivity contribution in [2.24, 2.45) is 9.98 Å². The summed E-state index contributed by atoms with van der Waals surface area (Å²) in [6, 6.07) is 7.89. The summed E-state index contributed by atoms with van der Waals surface area (Å²) in [4.78, 5) is 9.88. The molecule has 0 saturated heterocycles. The molecule has 2 unspecified atom stereocenters. The van der Waals surface area contributed by atoms with Gasteiger partial charge in [-0.15, -0.1) is 0 Å².